The average molecular weight is 358 g/mol. The van der Waals surface area contributed by atoms with Gasteiger partial charge in [-0.2, -0.15) is 11.8 Å². The van der Waals surface area contributed by atoms with Gasteiger partial charge in [0.05, 0.1) is 10.6 Å². The highest BCUT2D eigenvalue weighted by Gasteiger charge is 2.13. The zero-order chi connectivity index (χ0) is 17.0. The molecular formula is C16H27N3O2S2. The number of hydrogen-bond acceptors (Lipinski definition) is 4. The minimum Gasteiger partial charge on any atom is -0.357 e. The van der Waals surface area contributed by atoms with Crippen molar-refractivity contribution in [3.05, 3.63) is 30.3 Å². The minimum absolute atomic E-state index is 0.0495. The van der Waals surface area contributed by atoms with Gasteiger partial charge < -0.3 is 10.6 Å². The molecule has 1 rings (SSSR count). The molecular weight excluding hydrogens is 330 g/mol. The molecule has 0 radical (unpaired) electrons. The van der Waals surface area contributed by atoms with Crippen LogP contribution in [0.15, 0.2) is 40.2 Å². The lowest BCUT2D eigenvalue weighted by Crippen LogP contribution is -2.39. The van der Waals surface area contributed by atoms with E-state index in [2.05, 4.69) is 21.9 Å². The van der Waals surface area contributed by atoms with Gasteiger partial charge in [0.1, 0.15) is 0 Å². The van der Waals surface area contributed by atoms with Gasteiger partial charge in [0.15, 0.2) is 15.8 Å². The van der Waals surface area contributed by atoms with Crippen molar-refractivity contribution >= 4 is 27.6 Å². The largest absolute Gasteiger partial charge is 0.357 e. The van der Waals surface area contributed by atoms with E-state index in [-0.39, 0.29) is 5.75 Å². The molecule has 0 amide bonds. The van der Waals surface area contributed by atoms with Gasteiger partial charge in [-0.3, -0.25) is 4.99 Å². The van der Waals surface area contributed by atoms with Crippen LogP contribution < -0.4 is 10.6 Å². The topological polar surface area (TPSA) is 70.6 Å². The Morgan fingerprint density at radius 3 is 2.57 bits per heavy atom. The summed E-state index contributed by atoms with van der Waals surface area (Å²) >= 11 is 1.84. The number of hydrogen-bond donors (Lipinski definition) is 2. The first-order valence-electron chi connectivity index (χ1n) is 7.89. The van der Waals surface area contributed by atoms with Crippen molar-refractivity contribution in [1.82, 2.24) is 10.6 Å². The van der Waals surface area contributed by atoms with Crippen LogP contribution in [0.25, 0.3) is 0 Å². The number of nitrogens with zero attached hydrogens (tertiary/aromatic N) is 1. The first kappa shape index (κ1) is 19.8. The summed E-state index contributed by atoms with van der Waals surface area (Å²) in [7, 11) is -3.25. The Bertz CT molecular complexity index is 560. The first-order valence-corrected chi connectivity index (χ1v) is 10.9. The predicted octanol–water partition coefficient (Wildman–Crippen LogP) is 2.16. The highest BCUT2D eigenvalue weighted by Crippen LogP contribution is 2.09. The summed E-state index contributed by atoms with van der Waals surface area (Å²) in [5, 5.41) is 6.23. The van der Waals surface area contributed by atoms with Gasteiger partial charge in [0.2, 0.25) is 0 Å². The maximum absolute atomic E-state index is 12.2. The summed E-state index contributed by atoms with van der Waals surface area (Å²) in [5.41, 5.74) is 0. The Morgan fingerprint density at radius 2 is 1.91 bits per heavy atom. The molecule has 0 saturated carbocycles. The zero-order valence-electron chi connectivity index (χ0n) is 13.9. The molecule has 0 aliphatic carbocycles. The molecule has 130 valence electrons. The molecule has 0 unspecified atom stereocenters. The van der Waals surface area contributed by atoms with Crippen LogP contribution in [0.1, 0.15) is 19.8 Å². The van der Waals surface area contributed by atoms with E-state index in [9.17, 15) is 8.42 Å². The van der Waals surface area contributed by atoms with E-state index in [1.54, 1.807) is 24.3 Å². The molecule has 0 aromatic heterocycles. The quantitative estimate of drug-likeness (QED) is 0.381. The molecule has 1 aromatic carbocycles. The number of benzene rings is 1. The molecule has 0 atom stereocenters. The fourth-order valence-electron chi connectivity index (χ4n) is 1.94. The normalized spacial score (nSPS) is 12.2. The summed E-state index contributed by atoms with van der Waals surface area (Å²) in [4.78, 5) is 4.83. The monoisotopic (exact) mass is 357 g/mol. The molecule has 2 N–H and O–H groups in total. The number of aliphatic imine (C=N–C) groups is 1. The fourth-order valence-corrected chi connectivity index (χ4v) is 3.61. The van der Waals surface area contributed by atoms with Crippen molar-refractivity contribution in [2.45, 2.75) is 24.7 Å². The Morgan fingerprint density at radius 1 is 1.17 bits per heavy atom. The number of sulfone groups is 1. The van der Waals surface area contributed by atoms with Crippen LogP contribution in [0.4, 0.5) is 0 Å². The lowest BCUT2D eigenvalue weighted by atomic mass is 10.3. The van der Waals surface area contributed by atoms with Crippen LogP contribution in [0, 0.1) is 0 Å². The minimum atomic E-state index is -3.25. The van der Waals surface area contributed by atoms with Crippen molar-refractivity contribution in [3.63, 3.8) is 0 Å². The van der Waals surface area contributed by atoms with Crippen LogP contribution in [-0.2, 0) is 9.84 Å². The van der Waals surface area contributed by atoms with Gasteiger partial charge >= 0.3 is 0 Å². The molecule has 0 heterocycles. The molecule has 0 aliphatic rings. The average Bonchev–Trinajstić information content (AvgIpc) is 2.55. The second-order valence-corrected chi connectivity index (χ2v) is 8.11. The third-order valence-electron chi connectivity index (χ3n) is 3.14. The maximum Gasteiger partial charge on any atom is 0.191 e. The Balaban J connectivity index is 2.44. The van der Waals surface area contributed by atoms with E-state index in [4.69, 9.17) is 0 Å². The molecule has 0 saturated heterocycles. The highest BCUT2D eigenvalue weighted by molar-refractivity contribution is 7.98. The van der Waals surface area contributed by atoms with Crippen LogP contribution >= 0.6 is 11.8 Å². The maximum atomic E-state index is 12.2. The van der Waals surface area contributed by atoms with E-state index >= 15 is 0 Å². The van der Waals surface area contributed by atoms with Crippen molar-refractivity contribution < 1.29 is 8.42 Å². The van der Waals surface area contributed by atoms with E-state index in [1.165, 1.54) is 0 Å². The van der Waals surface area contributed by atoms with E-state index in [1.807, 2.05) is 24.8 Å². The zero-order valence-corrected chi connectivity index (χ0v) is 15.5. The molecule has 7 heteroatoms. The summed E-state index contributed by atoms with van der Waals surface area (Å²) in [6, 6.07) is 8.53. The Hall–Kier alpha value is -1.21. The first-order chi connectivity index (χ1) is 11.1. The molecule has 0 fully saturated rings. The third-order valence-corrected chi connectivity index (χ3v) is 5.57. The lowest BCUT2D eigenvalue weighted by molar-refractivity contribution is 0.594. The van der Waals surface area contributed by atoms with E-state index in [0.717, 1.165) is 31.7 Å². The summed E-state index contributed by atoms with van der Waals surface area (Å²) in [6.07, 6.45) is 4.29. The number of rotatable bonds is 10. The standard InChI is InChI=1S/C16H27N3O2S2/c1-3-17-16(18-11-7-8-13-22-2)19-12-14-23(20,21)15-9-5-4-6-10-15/h4-6,9-10H,3,7-8,11-14H2,1-2H3,(H2,17,18,19). The smallest absolute Gasteiger partial charge is 0.191 e. The summed E-state index contributed by atoms with van der Waals surface area (Å²) in [6.45, 7) is 3.84. The van der Waals surface area contributed by atoms with Gasteiger partial charge in [-0.05, 0) is 43.9 Å². The number of unbranched alkanes of at least 4 members (excludes halogenated alkanes) is 1. The van der Waals surface area contributed by atoms with Gasteiger partial charge in [0.25, 0.3) is 0 Å². The van der Waals surface area contributed by atoms with Crippen molar-refractivity contribution in [2.24, 2.45) is 4.99 Å². The lowest BCUT2D eigenvalue weighted by Gasteiger charge is -2.11. The molecule has 23 heavy (non-hydrogen) atoms. The summed E-state index contributed by atoms with van der Waals surface area (Å²) < 4.78 is 24.4. The molecule has 1 aromatic rings. The van der Waals surface area contributed by atoms with Crippen LogP contribution in [0.3, 0.4) is 0 Å². The van der Waals surface area contributed by atoms with Gasteiger partial charge in [-0.15, -0.1) is 0 Å². The molecule has 0 bridgehead atoms. The second-order valence-electron chi connectivity index (χ2n) is 5.02. The molecule has 0 aliphatic heterocycles. The Labute approximate surface area is 144 Å². The third kappa shape index (κ3) is 8.27. The van der Waals surface area contributed by atoms with Crippen molar-refractivity contribution in [1.29, 1.82) is 0 Å². The molecule has 5 nitrogen and oxygen atoms in total. The fraction of sp³-hybridized carbons (Fsp3) is 0.562. The van der Waals surface area contributed by atoms with Crippen LogP contribution in [0.5, 0.6) is 0 Å². The highest BCUT2D eigenvalue weighted by atomic mass is 32.2. The number of guanidine groups is 1. The molecule has 0 spiro atoms. The Kier molecular flexibility index (Phi) is 9.78. The van der Waals surface area contributed by atoms with Crippen LogP contribution in [0.2, 0.25) is 0 Å². The number of thioether (sulfide) groups is 1. The predicted molar refractivity (Wildman–Crippen MR) is 100 cm³/mol. The van der Waals surface area contributed by atoms with Crippen LogP contribution in [-0.4, -0.2) is 51.8 Å². The van der Waals surface area contributed by atoms with E-state index < -0.39 is 9.84 Å². The van der Waals surface area contributed by atoms with Gasteiger partial charge in [0, 0.05) is 19.6 Å². The van der Waals surface area contributed by atoms with Crippen molar-refractivity contribution in [3.8, 4) is 0 Å². The van der Waals surface area contributed by atoms with Gasteiger partial charge in [-0.1, -0.05) is 18.2 Å². The number of nitrogens with one attached hydrogen (secondary N) is 2. The van der Waals surface area contributed by atoms with Crippen molar-refractivity contribution in [2.75, 3.05) is 37.4 Å². The van der Waals surface area contributed by atoms with E-state index in [0.29, 0.717) is 17.4 Å². The van der Waals surface area contributed by atoms with Gasteiger partial charge in [-0.25, -0.2) is 8.42 Å². The second kappa shape index (κ2) is 11.3. The SMILES string of the molecule is CCNC(=NCCCCSC)NCCS(=O)(=O)c1ccccc1. The summed E-state index contributed by atoms with van der Waals surface area (Å²) in [5.74, 6) is 1.88.